The monoisotopic (exact) mass is 522 g/mol. The molecule has 0 heterocycles. The molecule has 2 aromatic carbocycles. The Morgan fingerprint density at radius 1 is 0.818 bits per heavy atom. The van der Waals surface area contributed by atoms with Crippen molar-refractivity contribution >= 4 is 51.0 Å². The Labute approximate surface area is 157 Å². The molecule has 0 aliphatic heterocycles. The Balaban J connectivity index is 2.39. The molecule has 0 bridgehead atoms. The Morgan fingerprint density at radius 3 is 1.50 bits per heavy atom. The number of rotatable bonds is 6. The number of carbonyl (C=O) groups is 1. The second kappa shape index (κ2) is 8.37. The van der Waals surface area contributed by atoms with Crippen molar-refractivity contribution in [1.82, 2.24) is 0 Å². The first kappa shape index (κ1) is 17.8. The lowest BCUT2D eigenvalue weighted by Crippen LogP contribution is -2.27. The minimum absolute atomic E-state index is 0.154. The van der Waals surface area contributed by atoms with Gasteiger partial charge in [0.05, 0.1) is 25.0 Å². The molecule has 116 valence electrons. The van der Waals surface area contributed by atoms with Gasteiger partial charge >= 0.3 is 0 Å². The van der Waals surface area contributed by atoms with E-state index in [1.54, 1.807) is 0 Å². The van der Waals surface area contributed by atoms with E-state index in [1.807, 2.05) is 48.5 Å². The van der Waals surface area contributed by atoms with Gasteiger partial charge in [-0.3, -0.25) is 4.79 Å². The Bertz CT molecular complexity index is 602. The molecule has 0 aromatic heterocycles. The summed E-state index contributed by atoms with van der Waals surface area (Å²) in [4.78, 5) is 12.9. The van der Waals surface area contributed by atoms with E-state index in [9.17, 15) is 15.0 Å². The number of ketones is 1. The largest absolute Gasteiger partial charge is 0.395 e. The van der Waals surface area contributed by atoms with Crippen LogP contribution in [0.2, 0.25) is 0 Å². The van der Waals surface area contributed by atoms with Gasteiger partial charge in [0.1, 0.15) is 0 Å². The molecule has 0 radical (unpaired) electrons. The molecule has 0 spiro atoms. The van der Waals surface area contributed by atoms with Crippen LogP contribution in [-0.2, 0) is 4.79 Å². The smallest absolute Gasteiger partial charge is 0.152 e. The van der Waals surface area contributed by atoms with Crippen molar-refractivity contribution in [3.05, 3.63) is 66.8 Å². The number of hydrogen-bond donors (Lipinski definition) is 2. The molecule has 22 heavy (non-hydrogen) atoms. The summed E-state index contributed by atoms with van der Waals surface area (Å²) in [5.74, 6) is -1.40. The first-order valence-corrected chi connectivity index (χ1v) is 9.00. The minimum atomic E-state index is -0.624. The average molecular weight is 522 g/mol. The molecule has 0 saturated heterocycles. The number of carbonyl (C=O) groups excluding carboxylic acids is 1. The molecular formula is C17H16I2O3. The molecule has 0 aliphatic rings. The number of hydrogen-bond acceptors (Lipinski definition) is 3. The lowest BCUT2D eigenvalue weighted by Gasteiger charge is -2.22. The van der Waals surface area contributed by atoms with Crippen molar-refractivity contribution in [3.8, 4) is 0 Å². The van der Waals surface area contributed by atoms with Gasteiger partial charge < -0.3 is 10.2 Å². The second-order valence-electron chi connectivity index (χ2n) is 4.92. The van der Waals surface area contributed by atoms with Crippen LogP contribution in [-0.4, -0.2) is 29.2 Å². The van der Waals surface area contributed by atoms with Gasteiger partial charge in [-0.15, -0.1) is 0 Å². The number of benzene rings is 2. The van der Waals surface area contributed by atoms with E-state index in [0.29, 0.717) is 0 Å². The minimum Gasteiger partial charge on any atom is -0.395 e. The van der Waals surface area contributed by atoms with Gasteiger partial charge in [-0.1, -0.05) is 36.4 Å². The Hall–Kier alpha value is -0.510. The highest BCUT2D eigenvalue weighted by molar-refractivity contribution is 14.1. The zero-order valence-electron chi connectivity index (χ0n) is 11.7. The maximum Gasteiger partial charge on any atom is 0.152 e. The third-order valence-electron chi connectivity index (χ3n) is 3.61. The Kier molecular flexibility index (Phi) is 6.79. The van der Waals surface area contributed by atoms with Crippen LogP contribution in [0, 0.1) is 7.14 Å². The van der Waals surface area contributed by atoms with E-state index in [1.165, 1.54) is 0 Å². The summed E-state index contributed by atoms with van der Waals surface area (Å²) in [5, 5.41) is 19.5. The summed E-state index contributed by atoms with van der Waals surface area (Å²) in [6.07, 6.45) is 0. The zero-order chi connectivity index (χ0) is 16.1. The molecule has 3 nitrogen and oxygen atoms in total. The number of Topliss-reactive ketones (excluding diaryl/α,β-unsaturated/α-hetero) is 1. The standard InChI is InChI=1S/C17H16I2O3/c18-15-7-3-1-5-11(15)13(9-20)17(22)14(10-21)12-6-2-4-8-16(12)19/h1-8,13-14,20-21H,9-10H2. The van der Waals surface area contributed by atoms with Crippen LogP contribution in [0.25, 0.3) is 0 Å². The van der Waals surface area contributed by atoms with Crippen LogP contribution in [0.15, 0.2) is 48.5 Å². The SMILES string of the molecule is O=C(C(CO)c1ccccc1I)C(CO)c1ccccc1I. The maximum absolute atomic E-state index is 12.9. The van der Waals surface area contributed by atoms with Gasteiger partial charge in [-0.2, -0.15) is 0 Å². The lowest BCUT2D eigenvalue weighted by atomic mass is 9.84. The quantitative estimate of drug-likeness (QED) is 0.573. The van der Waals surface area contributed by atoms with Gasteiger partial charge in [0.25, 0.3) is 0 Å². The first-order valence-electron chi connectivity index (χ1n) is 6.84. The van der Waals surface area contributed by atoms with E-state index in [4.69, 9.17) is 0 Å². The van der Waals surface area contributed by atoms with Crippen molar-refractivity contribution in [2.75, 3.05) is 13.2 Å². The number of aliphatic hydroxyl groups excluding tert-OH is 2. The highest BCUT2D eigenvalue weighted by Crippen LogP contribution is 2.30. The zero-order valence-corrected chi connectivity index (χ0v) is 16.1. The molecule has 0 fully saturated rings. The molecule has 2 atom stereocenters. The fraction of sp³-hybridized carbons (Fsp3) is 0.235. The van der Waals surface area contributed by atoms with Crippen LogP contribution in [0.4, 0.5) is 0 Å². The normalized spacial score (nSPS) is 13.6. The predicted octanol–water partition coefficient (Wildman–Crippen LogP) is 3.32. The highest BCUT2D eigenvalue weighted by Gasteiger charge is 2.30. The molecule has 0 aliphatic carbocycles. The van der Waals surface area contributed by atoms with Crippen LogP contribution in [0.1, 0.15) is 23.0 Å². The van der Waals surface area contributed by atoms with Gasteiger partial charge in [0.15, 0.2) is 5.78 Å². The number of halogens is 2. The summed E-state index contributed by atoms with van der Waals surface area (Å²) < 4.78 is 1.87. The number of aliphatic hydroxyl groups is 2. The second-order valence-corrected chi connectivity index (χ2v) is 7.24. The van der Waals surface area contributed by atoms with E-state index in [-0.39, 0.29) is 19.0 Å². The maximum atomic E-state index is 12.9. The van der Waals surface area contributed by atoms with E-state index < -0.39 is 11.8 Å². The predicted molar refractivity (Wildman–Crippen MR) is 103 cm³/mol. The molecule has 2 N–H and O–H groups in total. The van der Waals surface area contributed by atoms with Gasteiger partial charge in [0, 0.05) is 7.14 Å². The molecule has 2 rings (SSSR count). The lowest BCUT2D eigenvalue weighted by molar-refractivity contribution is -0.123. The molecular weight excluding hydrogens is 506 g/mol. The summed E-state index contributed by atoms with van der Waals surface area (Å²) in [6, 6.07) is 15.0. The van der Waals surface area contributed by atoms with E-state index >= 15 is 0 Å². The summed E-state index contributed by atoms with van der Waals surface area (Å²) in [7, 11) is 0. The fourth-order valence-electron chi connectivity index (χ4n) is 2.44. The van der Waals surface area contributed by atoms with Crippen LogP contribution in [0.3, 0.4) is 0 Å². The Morgan fingerprint density at radius 2 is 1.18 bits per heavy atom. The summed E-state index contributed by atoms with van der Waals surface area (Å²) in [6.45, 7) is -0.530. The van der Waals surface area contributed by atoms with E-state index in [0.717, 1.165) is 18.3 Å². The third-order valence-corrected chi connectivity index (χ3v) is 5.58. The third kappa shape index (κ3) is 3.87. The average Bonchev–Trinajstić information content (AvgIpc) is 2.52. The molecule has 0 saturated carbocycles. The van der Waals surface area contributed by atoms with Crippen molar-refractivity contribution in [2.24, 2.45) is 0 Å². The van der Waals surface area contributed by atoms with Crippen LogP contribution >= 0.6 is 45.2 Å². The molecule has 2 aromatic rings. The van der Waals surface area contributed by atoms with Crippen molar-refractivity contribution in [1.29, 1.82) is 0 Å². The van der Waals surface area contributed by atoms with Gasteiger partial charge in [0.2, 0.25) is 0 Å². The summed E-state index contributed by atoms with van der Waals surface area (Å²) >= 11 is 4.32. The van der Waals surface area contributed by atoms with Gasteiger partial charge in [-0.25, -0.2) is 0 Å². The molecule has 0 amide bonds. The first-order chi connectivity index (χ1) is 10.6. The highest BCUT2D eigenvalue weighted by atomic mass is 127. The van der Waals surface area contributed by atoms with Crippen LogP contribution in [0.5, 0.6) is 0 Å². The van der Waals surface area contributed by atoms with Crippen molar-refractivity contribution in [2.45, 2.75) is 11.8 Å². The topological polar surface area (TPSA) is 57.5 Å². The fourth-order valence-corrected chi connectivity index (χ4v) is 3.97. The van der Waals surface area contributed by atoms with Gasteiger partial charge in [-0.05, 0) is 68.4 Å². The van der Waals surface area contributed by atoms with E-state index in [2.05, 4.69) is 45.2 Å². The van der Waals surface area contributed by atoms with Crippen molar-refractivity contribution in [3.63, 3.8) is 0 Å². The molecule has 5 heteroatoms. The van der Waals surface area contributed by atoms with Crippen molar-refractivity contribution < 1.29 is 15.0 Å². The molecule has 2 unspecified atom stereocenters. The van der Waals surface area contributed by atoms with Crippen LogP contribution < -0.4 is 0 Å². The summed E-state index contributed by atoms with van der Waals surface area (Å²) in [5.41, 5.74) is 1.61.